The molecule has 0 aromatic heterocycles. The quantitative estimate of drug-likeness (QED) is 0.823. The van der Waals surface area contributed by atoms with E-state index in [1.54, 1.807) is 0 Å². The highest BCUT2D eigenvalue weighted by Crippen LogP contribution is 2.26. The molecule has 1 saturated heterocycles. The summed E-state index contributed by atoms with van der Waals surface area (Å²) in [6, 6.07) is 19.1. The second kappa shape index (κ2) is 8.25. The van der Waals surface area contributed by atoms with Crippen LogP contribution in [0.2, 0.25) is 0 Å². The van der Waals surface area contributed by atoms with Gasteiger partial charge in [-0.1, -0.05) is 54.6 Å². The molecular weight excluding hydrogens is 286 g/mol. The minimum atomic E-state index is 0.0992. The molecule has 2 N–H and O–H groups in total. The van der Waals surface area contributed by atoms with Crippen molar-refractivity contribution in [2.75, 3.05) is 13.2 Å². The molecule has 2 aromatic carbocycles. The molecule has 0 aliphatic carbocycles. The lowest BCUT2D eigenvalue weighted by Crippen LogP contribution is -2.23. The van der Waals surface area contributed by atoms with Crippen LogP contribution in [0.1, 0.15) is 35.6 Å². The zero-order chi connectivity index (χ0) is 15.9. The topological polar surface area (TPSA) is 41.5 Å². The van der Waals surface area contributed by atoms with Crippen LogP contribution in [0, 0.1) is 5.92 Å². The molecule has 0 saturated carbocycles. The van der Waals surface area contributed by atoms with Crippen LogP contribution in [0.25, 0.3) is 0 Å². The largest absolute Gasteiger partial charge is 0.392 e. The maximum atomic E-state index is 9.13. The molecule has 1 aliphatic rings. The Bertz CT molecular complexity index is 576. The van der Waals surface area contributed by atoms with E-state index in [-0.39, 0.29) is 6.61 Å². The number of aliphatic hydroxyl groups excluding tert-OH is 1. The monoisotopic (exact) mass is 311 g/mol. The van der Waals surface area contributed by atoms with Gasteiger partial charge in [0.25, 0.3) is 0 Å². The average molecular weight is 311 g/mol. The fourth-order valence-corrected chi connectivity index (χ4v) is 3.13. The number of rotatable bonds is 7. The van der Waals surface area contributed by atoms with Crippen molar-refractivity contribution in [2.24, 2.45) is 5.92 Å². The van der Waals surface area contributed by atoms with E-state index >= 15 is 0 Å². The van der Waals surface area contributed by atoms with Crippen LogP contribution in [-0.2, 0) is 17.9 Å². The number of aliphatic hydroxyl groups is 1. The van der Waals surface area contributed by atoms with Crippen molar-refractivity contribution in [3.05, 3.63) is 71.3 Å². The van der Waals surface area contributed by atoms with Crippen molar-refractivity contribution in [3.63, 3.8) is 0 Å². The minimum absolute atomic E-state index is 0.0992. The zero-order valence-corrected chi connectivity index (χ0v) is 13.4. The van der Waals surface area contributed by atoms with Crippen molar-refractivity contribution in [2.45, 2.75) is 32.0 Å². The molecule has 3 heteroatoms. The summed E-state index contributed by atoms with van der Waals surface area (Å²) in [6.45, 7) is 2.71. The third-order valence-corrected chi connectivity index (χ3v) is 4.55. The molecule has 0 bridgehead atoms. The first-order valence-electron chi connectivity index (χ1n) is 8.40. The minimum Gasteiger partial charge on any atom is -0.392 e. The van der Waals surface area contributed by atoms with E-state index in [1.165, 1.54) is 11.1 Å². The van der Waals surface area contributed by atoms with Crippen molar-refractivity contribution in [3.8, 4) is 0 Å². The lowest BCUT2D eigenvalue weighted by molar-refractivity contribution is 0.181. The molecule has 1 fully saturated rings. The van der Waals surface area contributed by atoms with Gasteiger partial charge in [-0.15, -0.1) is 0 Å². The van der Waals surface area contributed by atoms with Gasteiger partial charge in [0.05, 0.1) is 6.61 Å². The van der Waals surface area contributed by atoms with Gasteiger partial charge in [-0.25, -0.2) is 0 Å². The summed E-state index contributed by atoms with van der Waals surface area (Å²) in [5, 5.41) is 12.8. The molecule has 0 amide bonds. The Kier molecular flexibility index (Phi) is 5.81. The van der Waals surface area contributed by atoms with Gasteiger partial charge < -0.3 is 15.2 Å². The van der Waals surface area contributed by atoms with Gasteiger partial charge >= 0.3 is 0 Å². The Labute approximate surface area is 138 Å². The predicted molar refractivity (Wildman–Crippen MR) is 91.9 cm³/mol. The molecule has 122 valence electrons. The molecule has 3 nitrogen and oxygen atoms in total. The van der Waals surface area contributed by atoms with Gasteiger partial charge in [-0.3, -0.25) is 0 Å². The van der Waals surface area contributed by atoms with Crippen LogP contribution in [0.5, 0.6) is 0 Å². The molecule has 0 radical (unpaired) electrons. The van der Waals surface area contributed by atoms with E-state index in [4.69, 9.17) is 9.84 Å². The summed E-state index contributed by atoms with van der Waals surface area (Å²) in [4.78, 5) is 0. The molecule has 2 unspecified atom stereocenters. The Morgan fingerprint density at radius 1 is 1.04 bits per heavy atom. The first-order valence-corrected chi connectivity index (χ1v) is 8.40. The highest BCUT2D eigenvalue weighted by atomic mass is 16.5. The third kappa shape index (κ3) is 4.64. The molecule has 1 aliphatic heterocycles. The number of hydrogen-bond donors (Lipinski definition) is 2. The van der Waals surface area contributed by atoms with Crippen LogP contribution in [-0.4, -0.2) is 18.3 Å². The lowest BCUT2D eigenvalue weighted by atomic mass is 9.94. The van der Waals surface area contributed by atoms with E-state index < -0.39 is 0 Å². The first-order chi connectivity index (χ1) is 11.3. The van der Waals surface area contributed by atoms with Crippen LogP contribution in [0.3, 0.4) is 0 Å². The number of ether oxygens (including phenoxy) is 1. The fraction of sp³-hybridized carbons (Fsp3) is 0.400. The SMILES string of the molecule is OCc1ccc(CNC(CC2CCOC2)c2ccccc2)cc1. The van der Waals surface area contributed by atoms with Crippen LogP contribution < -0.4 is 5.32 Å². The van der Waals surface area contributed by atoms with E-state index in [2.05, 4.69) is 47.8 Å². The maximum absolute atomic E-state index is 9.13. The number of nitrogens with one attached hydrogen (secondary N) is 1. The summed E-state index contributed by atoms with van der Waals surface area (Å²) in [5.41, 5.74) is 3.54. The molecule has 3 rings (SSSR count). The van der Waals surface area contributed by atoms with Gasteiger partial charge in [-0.05, 0) is 35.4 Å². The van der Waals surface area contributed by atoms with E-state index in [1.807, 2.05) is 12.1 Å². The summed E-state index contributed by atoms with van der Waals surface area (Å²) in [6.07, 6.45) is 2.27. The average Bonchev–Trinajstić information content (AvgIpc) is 3.13. The number of benzene rings is 2. The molecule has 1 heterocycles. The third-order valence-electron chi connectivity index (χ3n) is 4.55. The van der Waals surface area contributed by atoms with Gasteiger partial charge in [0.2, 0.25) is 0 Å². The summed E-state index contributed by atoms with van der Waals surface area (Å²) >= 11 is 0. The van der Waals surface area contributed by atoms with E-state index in [9.17, 15) is 0 Å². The van der Waals surface area contributed by atoms with Gasteiger partial charge in [0.1, 0.15) is 0 Å². The molecule has 2 atom stereocenters. The molecule has 23 heavy (non-hydrogen) atoms. The fourth-order valence-electron chi connectivity index (χ4n) is 3.13. The Morgan fingerprint density at radius 2 is 1.78 bits per heavy atom. The highest BCUT2D eigenvalue weighted by Gasteiger charge is 2.21. The Balaban J connectivity index is 1.64. The van der Waals surface area contributed by atoms with Crippen LogP contribution in [0.15, 0.2) is 54.6 Å². The van der Waals surface area contributed by atoms with Crippen molar-refractivity contribution < 1.29 is 9.84 Å². The van der Waals surface area contributed by atoms with Crippen LogP contribution in [0.4, 0.5) is 0 Å². The predicted octanol–water partition coefficient (Wildman–Crippen LogP) is 3.44. The Hall–Kier alpha value is -1.68. The molecular formula is C20H25NO2. The first kappa shape index (κ1) is 16.2. The van der Waals surface area contributed by atoms with Crippen molar-refractivity contribution in [1.82, 2.24) is 5.32 Å². The smallest absolute Gasteiger partial charge is 0.0681 e. The normalized spacial score (nSPS) is 18.9. The van der Waals surface area contributed by atoms with Gasteiger partial charge in [0.15, 0.2) is 0 Å². The second-order valence-corrected chi connectivity index (χ2v) is 6.28. The Morgan fingerprint density at radius 3 is 2.43 bits per heavy atom. The zero-order valence-electron chi connectivity index (χ0n) is 13.4. The van der Waals surface area contributed by atoms with E-state index in [0.717, 1.165) is 38.2 Å². The highest BCUT2D eigenvalue weighted by molar-refractivity contribution is 5.23. The summed E-state index contributed by atoms with van der Waals surface area (Å²) < 4.78 is 5.53. The van der Waals surface area contributed by atoms with Crippen molar-refractivity contribution >= 4 is 0 Å². The summed E-state index contributed by atoms with van der Waals surface area (Å²) in [7, 11) is 0. The summed E-state index contributed by atoms with van der Waals surface area (Å²) in [5.74, 6) is 0.643. The molecule has 2 aromatic rings. The second-order valence-electron chi connectivity index (χ2n) is 6.28. The number of hydrogen-bond acceptors (Lipinski definition) is 3. The van der Waals surface area contributed by atoms with Crippen molar-refractivity contribution in [1.29, 1.82) is 0 Å². The molecule has 0 spiro atoms. The lowest BCUT2D eigenvalue weighted by Gasteiger charge is -2.22. The van der Waals surface area contributed by atoms with Gasteiger partial charge in [-0.2, -0.15) is 0 Å². The van der Waals surface area contributed by atoms with E-state index in [0.29, 0.717) is 12.0 Å². The standard InChI is InChI=1S/C20H25NO2/c22-14-17-8-6-16(7-9-17)13-21-20(12-18-10-11-23-15-18)19-4-2-1-3-5-19/h1-9,18,20-22H,10-15H2. The maximum Gasteiger partial charge on any atom is 0.0681 e. The van der Waals surface area contributed by atoms with Gasteiger partial charge in [0, 0.05) is 25.8 Å². The van der Waals surface area contributed by atoms with Crippen LogP contribution >= 0.6 is 0 Å².